The number of carbonyl (C=O) groups excluding carboxylic acids is 2. The lowest BCUT2D eigenvalue weighted by atomic mass is 10.0. The molecule has 1 amide bonds. The molecule has 0 rings (SSSR count). The van der Waals surface area contributed by atoms with E-state index in [1.165, 1.54) is 315 Å². The van der Waals surface area contributed by atoms with E-state index in [0.29, 0.717) is 19.4 Å². The topological polar surface area (TPSA) is 95.9 Å². The first-order valence-corrected chi connectivity index (χ1v) is 35.3. The van der Waals surface area contributed by atoms with Crippen LogP contribution in [0.4, 0.5) is 0 Å². The molecule has 0 aliphatic heterocycles. The number of hydrogen-bond acceptors (Lipinski definition) is 5. The molecular formula is C72H137NO5. The van der Waals surface area contributed by atoms with Gasteiger partial charge in [0.25, 0.3) is 0 Å². The number of rotatable bonds is 66. The fourth-order valence-corrected chi connectivity index (χ4v) is 11.0. The minimum absolute atomic E-state index is 0.0116. The van der Waals surface area contributed by atoms with Crippen LogP contribution in [0.3, 0.4) is 0 Å². The first-order valence-electron chi connectivity index (χ1n) is 35.3. The number of hydrogen-bond donors (Lipinski definition) is 3. The van der Waals surface area contributed by atoms with E-state index in [-0.39, 0.29) is 18.5 Å². The lowest BCUT2D eigenvalue weighted by Crippen LogP contribution is -2.45. The number of amides is 1. The van der Waals surface area contributed by atoms with Crippen LogP contribution in [0, 0.1) is 0 Å². The van der Waals surface area contributed by atoms with Crippen molar-refractivity contribution in [3.05, 3.63) is 36.5 Å². The van der Waals surface area contributed by atoms with Gasteiger partial charge >= 0.3 is 5.97 Å². The zero-order valence-electron chi connectivity index (χ0n) is 52.7. The summed E-state index contributed by atoms with van der Waals surface area (Å²) < 4.78 is 5.49. The molecule has 0 aromatic carbocycles. The van der Waals surface area contributed by atoms with Crippen LogP contribution >= 0.6 is 0 Å². The Labute approximate surface area is 487 Å². The number of carbonyl (C=O) groups is 2. The Bertz CT molecular complexity index is 1260. The third-order valence-corrected chi connectivity index (χ3v) is 16.4. The molecule has 0 aromatic rings. The van der Waals surface area contributed by atoms with E-state index in [1.807, 2.05) is 6.08 Å². The molecule has 78 heavy (non-hydrogen) atoms. The van der Waals surface area contributed by atoms with Crippen molar-refractivity contribution >= 4 is 11.9 Å². The highest BCUT2D eigenvalue weighted by Gasteiger charge is 2.18. The number of aliphatic hydroxyl groups excluding tert-OH is 2. The van der Waals surface area contributed by atoms with Crippen molar-refractivity contribution in [3.63, 3.8) is 0 Å². The van der Waals surface area contributed by atoms with Crippen molar-refractivity contribution in [2.75, 3.05) is 13.2 Å². The minimum Gasteiger partial charge on any atom is -0.466 e. The number of ether oxygens (including phenoxy) is 1. The molecule has 0 aliphatic carbocycles. The van der Waals surface area contributed by atoms with Crippen molar-refractivity contribution in [1.82, 2.24) is 5.32 Å². The smallest absolute Gasteiger partial charge is 0.305 e. The lowest BCUT2D eigenvalue weighted by Gasteiger charge is -2.20. The fourth-order valence-electron chi connectivity index (χ4n) is 11.0. The Morgan fingerprint density at radius 1 is 0.346 bits per heavy atom. The number of esters is 1. The molecule has 6 heteroatoms. The van der Waals surface area contributed by atoms with Crippen LogP contribution in [0.1, 0.15) is 386 Å². The van der Waals surface area contributed by atoms with Gasteiger partial charge in [0, 0.05) is 12.8 Å². The molecule has 2 atom stereocenters. The molecule has 2 unspecified atom stereocenters. The van der Waals surface area contributed by atoms with Gasteiger partial charge in [-0.05, 0) is 83.5 Å². The first-order chi connectivity index (χ1) is 38.5. The SMILES string of the molecule is CCCCCCC/C=C\CCCCCCCC(=O)OCCCCCCCCCCCCCCCC/C=C\CCCCCCCCCCCCCCCCCCCC(=O)NC(CO)C(O)/C=C/CCCCCCCCCCCC. The van der Waals surface area contributed by atoms with Gasteiger partial charge in [0.1, 0.15) is 0 Å². The van der Waals surface area contributed by atoms with Gasteiger partial charge in [-0.15, -0.1) is 0 Å². The molecule has 0 spiro atoms. The van der Waals surface area contributed by atoms with E-state index in [1.54, 1.807) is 6.08 Å². The van der Waals surface area contributed by atoms with Crippen LogP contribution in [0.15, 0.2) is 36.5 Å². The molecule has 0 saturated heterocycles. The Hall–Kier alpha value is -1.92. The first kappa shape index (κ1) is 76.1. The molecule has 6 nitrogen and oxygen atoms in total. The quantitative estimate of drug-likeness (QED) is 0.0320. The summed E-state index contributed by atoms with van der Waals surface area (Å²) in [6.07, 6.45) is 86.7. The van der Waals surface area contributed by atoms with Crippen molar-refractivity contribution in [2.24, 2.45) is 0 Å². The van der Waals surface area contributed by atoms with E-state index in [4.69, 9.17) is 4.74 Å². The van der Waals surface area contributed by atoms with E-state index in [2.05, 4.69) is 43.5 Å². The van der Waals surface area contributed by atoms with Gasteiger partial charge in [-0.3, -0.25) is 9.59 Å². The Morgan fingerprint density at radius 2 is 0.603 bits per heavy atom. The van der Waals surface area contributed by atoms with Crippen LogP contribution in [0.5, 0.6) is 0 Å². The summed E-state index contributed by atoms with van der Waals surface area (Å²) in [5.41, 5.74) is 0. The largest absolute Gasteiger partial charge is 0.466 e. The van der Waals surface area contributed by atoms with Gasteiger partial charge in [-0.1, -0.05) is 326 Å². The lowest BCUT2D eigenvalue weighted by molar-refractivity contribution is -0.143. The summed E-state index contributed by atoms with van der Waals surface area (Å²) in [6.45, 7) is 4.91. The van der Waals surface area contributed by atoms with Crippen molar-refractivity contribution in [3.8, 4) is 0 Å². The minimum atomic E-state index is -0.841. The van der Waals surface area contributed by atoms with Gasteiger partial charge in [0.2, 0.25) is 5.91 Å². The fraction of sp³-hybridized carbons (Fsp3) is 0.889. The van der Waals surface area contributed by atoms with Gasteiger partial charge in [-0.2, -0.15) is 0 Å². The molecule has 0 aliphatic rings. The monoisotopic (exact) mass is 1100 g/mol. The maximum Gasteiger partial charge on any atom is 0.305 e. The van der Waals surface area contributed by atoms with Gasteiger partial charge in [-0.25, -0.2) is 0 Å². The predicted molar refractivity (Wildman–Crippen MR) is 343 cm³/mol. The molecule has 0 radical (unpaired) electrons. The third kappa shape index (κ3) is 63.3. The van der Waals surface area contributed by atoms with Crippen LogP contribution in [-0.2, 0) is 14.3 Å². The zero-order valence-corrected chi connectivity index (χ0v) is 52.7. The molecule has 0 heterocycles. The second-order valence-electron chi connectivity index (χ2n) is 24.2. The van der Waals surface area contributed by atoms with Crippen molar-refractivity contribution in [1.29, 1.82) is 0 Å². The summed E-state index contributed by atoms with van der Waals surface area (Å²) in [4.78, 5) is 24.5. The highest BCUT2D eigenvalue weighted by atomic mass is 16.5. The maximum atomic E-state index is 12.5. The number of allylic oxidation sites excluding steroid dienone is 5. The third-order valence-electron chi connectivity index (χ3n) is 16.4. The van der Waals surface area contributed by atoms with Gasteiger partial charge in [0.15, 0.2) is 0 Å². The van der Waals surface area contributed by atoms with Crippen LogP contribution in [0.25, 0.3) is 0 Å². The van der Waals surface area contributed by atoms with Crippen molar-refractivity contribution < 1.29 is 24.5 Å². The van der Waals surface area contributed by atoms with Crippen molar-refractivity contribution in [2.45, 2.75) is 398 Å². The maximum absolute atomic E-state index is 12.5. The molecule has 3 N–H and O–H groups in total. The molecule has 0 aromatic heterocycles. The normalized spacial score (nSPS) is 12.7. The Morgan fingerprint density at radius 3 is 0.910 bits per heavy atom. The summed E-state index contributed by atoms with van der Waals surface area (Å²) >= 11 is 0. The number of nitrogens with one attached hydrogen (secondary N) is 1. The standard InChI is InChI=1S/C72H137NO5/c1-3-5-7-9-11-13-15-17-42-46-50-54-58-62-66-72(77)78-67-63-59-55-51-47-43-40-38-36-34-32-30-28-26-24-22-20-18-19-21-23-25-27-29-31-33-35-37-39-41-45-49-53-57-61-65-71(76)73-69(68-74)70(75)64-60-56-52-48-44-16-14-12-10-8-6-4-2/h15,17,20,22,60,64,69-70,74-75H,3-14,16,18-19,21,23-59,61-63,65-68H2,1-2H3,(H,73,76)/b17-15-,22-20-,64-60+. The molecule has 0 fully saturated rings. The predicted octanol–water partition coefficient (Wildman–Crippen LogP) is 22.7. The van der Waals surface area contributed by atoms with E-state index in [9.17, 15) is 19.8 Å². The average molecular weight is 1100 g/mol. The summed E-state index contributed by atoms with van der Waals surface area (Å²) in [5.74, 6) is -0.0521. The number of unbranched alkanes of at least 4 members (excludes halogenated alkanes) is 51. The second kappa shape index (κ2) is 67.6. The number of aliphatic hydroxyl groups is 2. The van der Waals surface area contributed by atoms with E-state index in [0.717, 1.165) is 44.9 Å². The highest BCUT2D eigenvalue weighted by molar-refractivity contribution is 5.76. The van der Waals surface area contributed by atoms with Crippen LogP contribution in [0.2, 0.25) is 0 Å². The summed E-state index contributed by atoms with van der Waals surface area (Å²) in [5, 5.41) is 23.1. The Kier molecular flexibility index (Phi) is 65.9. The molecular weight excluding hydrogens is 959 g/mol. The van der Waals surface area contributed by atoms with E-state index >= 15 is 0 Å². The Balaban J connectivity index is 3.34. The van der Waals surface area contributed by atoms with Gasteiger partial charge < -0.3 is 20.3 Å². The van der Waals surface area contributed by atoms with Gasteiger partial charge in [0.05, 0.1) is 25.4 Å². The van der Waals surface area contributed by atoms with E-state index < -0.39 is 12.1 Å². The molecule has 0 bridgehead atoms. The molecule has 460 valence electrons. The average Bonchev–Trinajstić information content (AvgIpc) is 3.44. The summed E-state index contributed by atoms with van der Waals surface area (Å²) in [6, 6.07) is -0.624. The summed E-state index contributed by atoms with van der Waals surface area (Å²) in [7, 11) is 0. The molecule has 0 saturated carbocycles. The highest BCUT2D eigenvalue weighted by Crippen LogP contribution is 2.18. The zero-order chi connectivity index (χ0) is 56.4. The van der Waals surface area contributed by atoms with Crippen LogP contribution in [-0.4, -0.2) is 47.4 Å². The second-order valence-corrected chi connectivity index (χ2v) is 24.2. The van der Waals surface area contributed by atoms with Crippen LogP contribution < -0.4 is 5.32 Å².